The lowest BCUT2D eigenvalue weighted by molar-refractivity contribution is 0.479. The molecule has 0 saturated heterocycles. The molecule has 0 fully saturated rings. The fraction of sp³-hybridized carbons (Fsp3) is 0.143. The van der Waals surface area contributed by atoms with E-state index in [1.54, 1.807) is 6.07 Å². The summed E-state index contributed by atoms with van der Waals surface area (Å²) in [7, 11) is 0. The van der Waals surface area contributed by atoms with Crippen molar-refractivity contribution in [3.63, 3.8) is 0 Å². The molecule has 0 saturated carbocycles. The molecular formula is C14H11BrClF3N2. The fourth-order valence-electron chi connectivity index (χ4n) is 2.01. The summed E-state index contributed by atoms with van der Waals surface area (Å²) in [5.74, 6) is 3.26. The Balaban J connectivity index is 2.41. The summed E-state index contributed by atoms with van der Waals surface area (Å²) in [6.07, 6.45) is -0.162. The van der Waals surface area contributed by atoms with Crippen LogP contribution in [0, 0.1) is 17.5 Å². The zero-order valence-corrected chi connectivity index (χ0v) is 13.0. The van der Waals surface area contributed by atoms with Crippen LogP contribution in [0.3, 0.4) is 0 Å². The third-order valence-corrected chi connectivity index (χ3v) is 4.01. The van der Waals surface area contributed by atoms with Crippen LogP contribution in [0.15, 0.2) is 34.8 Å². The number of benzene rings is 2. The average molecular weight is 380 g/mol. The molecule has 7 heteroatoms. The van der Waals surface area contributed by atoms with Crippen molar-refractivity contribution in [1.29, 1.82) is 0 Å². The monoisotopic (exact) mass is 378 g/mol. The Morgan fingerprint density at radius 2 is 1.86 bits per heavy atom. The molecule has 0 aliphatic heterocycles. The Bertz CT molecular complexity index is 667. The summed E-state index contributed by atoms with van der Waals surface area (Å²) in [5.41, 5.74) is 2.32. The summed E-state index contributed by atoms with van der Waals surface area (Å²) in [6.45, 7) is 0. The summed E-state index contributed by atoms with van der Waals surface area (Å²) in [6, 6.07) is 5.96. The molecule has 2 rings (SSSR count). The van der Waals surface area contributed by atoms with Gasteiger partial charge in [0.1, 0.15) is 17.5 Å². The molecule has 2 aromatic rings. The standard InChI is InChI=1S/C14H11BrClF3N2/c15-9-4-5-11(17)8(13(9)18)6-12(21-20)7-2-1-3-10(16)14(7)19/h1-5,12,21H,6,20H2. The molecule has 21 heavy (non-hydrogen) atoms. The van der Waals surface area contributed by atoms with Crippen LogP contribution in [-0.4, -0.2) is 0 Å². The second-order valence-corrected chi connectivity index (χ2v) is 5.65. The first kappa shape index (κ1) is 16.3. The predicted octanol–water partition coefficient (Wildman–Crippen LogP) is 4.27. The second-order valence-electron chi connectivity index (χ2n) is 4.39. The van der Waals surface area contributed by atoms with Gasteiger partial charge in [0.25, 0.3) is 0 Å². The van der Waals surface area contributed by atoms with Crippen LogP contribution < -0.4 is 11.3 Å². The van der Waals surface area contributed by atoms with Gasteiger partial charge in [0.15, 0.2) is 0 Å². The molecule has 0 aliphatic carbocycles. The topological polar surface area (TPSA) is 38.0 Å². The van der Waals surface area contributed by atoms with E-state index in [2.05, 4.69) is 21.4 Å². The summed E-state index contributed by atoms with van der Waals surface area (Å²) >= 11 is 8.69. The van der Waals surface area contributed by atoms with Crippen molar-refractivity contribution in [3.8, 4) is 0 Å². The van der Waals surface area contributed by atoms with Crippen LogP contribution in [-0.2, 0) is 6.42 Å². The van der Waals surface area contributed by atoms with Gasteiger partial charge in [-0.15, -0.1) is 0 Å². The third kappa shape index (κ3) is 3.40. The smallest absolute Gasteiger partial charge is 0.146 e. The van der Waals surface area contributed by atoms with E-state index in [1.807, 2.05) is 0 Å². The molecule has 2 nitrogen and oxygen atoms in total. The van der Waals surface area contributed by atoms with Crippen LogP contribution in [0.4, 0.5) is 13.2 Å². The minimum atomic E-state index is -0.818. The molecule has 0 radical (unpaired) electrons. The molecule has 0 spiro atoms. The van der Waals surface area contributed by atoms with E-state index in [0.717, 1.165) is 6.07 Å². The number of hydrazine groups is 1. The molecule has 0 aromatic heterocycles. The van der Waals surface area contributed by atoms with Crippen LogP contribution in [0.1, 0.15) is 17.2 Å². The van der Waals surface area contributed by atoms with Crippen LogP contribution in [0.2, 0.25) is 5.02 Å². The number of rotatable bonds is 4. The van der Waals surface area contributed by atoms with Crippen molar-refractivity contribution in [2.75, 3.05) is 0 Å². The van der Waals surface area contributed by atoms with Gasteiger partial charge in [-0.2, -0.15) is 0 Å². The van der Waals surface area contributed by atoms with Gasteiger partial charge in [-0.25, -0.2) is 13.2 Å². The van der Waals surface area contributed by atoms with Crippen molar-refractivity contribution < 1.29 is 13.2 Å². The molecule has 1 unspecified atom stereocenters. The fourth-order valence-corrected chi connectivity index (χ4v) is 2.56. The highest BCUT2D eigenvalue weighted by Crippen LogP contribution is 2.29. The molecule has 3 N–H and O–H groups in total. The number of nitrogens with one attached hydrogen (secondary N) is 1. The van der Waals surface area contributed by atoms with Crippen molar-refractivity contribution in [2.24, 2.45) is 5.84 Å². The molecule has 1 atom stereocenters. The highest BCUT2D eigenvalue weighted by molar-refractivity contribution is 9.10. The van der Waals surface area contributed by atoms with Crippen LogP contribution >= 0.6 is 27.5 Å². The summed E-state index contributed by atoms with van der Waals surface area (Å²) < 4.78 is 41.9. The van der Waals surface area contributed by atoms with Crippen molar-refractivity contribution in [2.45, 2.75) is 12.5 Å². The third-order valence-electron chi connectivity index (χ3n) is 3.11. The Labute approximate surface area is 133 Å². The van der Waals surface area contributed by atoms with Gasteiger partial charge in [-0.05, 0) is 40.5 Å². The lowest BCUT2D eigenvalue weighted by Crippen LogP contribution is -2.31. The maximum atomic E-state index is 14.0. The van der Waals surface area contributed by atoms with Crippen LogP contribution in [0.25, 0.3) is 0 Å². The normalized spacial score (nSPS) is 12.5. The Kier molecular flexibility index (Phi) is 5.27. The van der Waals surface area contributed by atoms with Gasteiger partial charge in [0, 0.05) is 11.1 Å². The van der Waals surface area contributed by atoms with Gasteiger partial charge in [0.2, 0.25) is 0 Å². The van der Waals surface area contributed by atoms with Gasteiger partial charge < -0.3 is 0 Å². The Morgan fingerprint density at radius 1 is 1.14 bits per heavy atom. The van der Waals surface area contributed by atoms with Crippen molar-refractivity contribution in [1.82, 2.24) is 5.43 Å². The van der Waals surface area contributed by atoms with E-state index in [9.17, 15) is 13.2 Å². The average Bonchev–Trinajstić information content (AvgIpc) is 2.47. The molecule has 2 aromatic carbocycles. The van der Waals surface area contributed by atoms with Gasteiger partial charge in [-0.1, -0.05) is 23.7 Å². The van der Waals surface area contributed by atoms with Crippen LogP contribution in [0.5, 0.6) is 0 Å². The number of halogens is 5. The second kappa shape index (κ2) is 6.79. The largest absolute Gasteiger partial charge is 0.271 e. The number of nitrogens with two attached hydrogens (primary N) is 1. The zero-order chi connectivity index (χ0) is 15.6. The van der Waals surface area contributed by atoms with E-state index in [4.69, 9.17) is 17.4 Å². The van der Waals surface area contributed by atoms with Crippen molar-refractivity contribution in [3.05, 3.63) is 68.4 Å². The molecule has 112 valence electrons. The lowest BCUT2D eigenvalue weighted by atomic mass is 9.98. The first-order chi connectivity index (χ1) is 9.95. The molecule has 0 bridgehead atoms. The maximum absolute atomic E-state index is 14.0. The number of hydrogen-bond acceptors (Lipinski definition) is 2. The quantitative estimate of drug-likeness (QED) is 0.473. The highest BCUT2D eigenvalue weighted by Gasteiger charge is 2.21. The highest BCUT2D eigenvalue weighted by atomic mass is 79.9. The lowest BCUT2D eigenvalue weighted by Gasteiger charge is -2.18. The van der Waals surface area contributed by atoms with Gasteiger partial charge in [0.05, 0.1) is 15.5 Å². The predicted molar refractivity (Wildman–Crippen MR) is 79.2 cm³/mol. The Morgan fingerprint density at radius 3 is 2.52 bits per heavy atom. The number of hydrogen-bond donors (Lipinski definition) is 2. The minimum absolute atomic E-state index is 0.0806. The van der Waals surface area contributed by atoms with E-state index in [0.29, 0.717) is 0 Å². The molecule has 0 heterocycles. The zero-order valence-electron chi connectivity index (χ0n) is 10.6. The first-order valence-electron chi connectivity index (χ1n) is 5.98. The first-order valence-corrected chi connectivity index (χ1v) is 7.15. The summed E-state index contributed by atoms with van der Waals surface area (Å²) in [4.78, 5) is 0. The van der Waals surface area contributed by atoms with E-state index in [1.165, 1.54) is 18.2 Å². The summed E-state index contributed by atoms with van der Waals surface area (Å²) in [5, 5.41) is -0.0806. The molecular weight excluding hydrogens is 369 g/mol. The minimum Gasteiger partial charge on any atom is -0.271 e. The van der Waals surface area contributed by atoms with E-state index in [-0.39, 0.29) is 27.0 Å². The molecule has 0 amide bonds. The molecule has 0 aliphatic rings. The van der Waals surface area contributed by atoms with Gasteiger partial charge in [-0.3, -0.25) is 11.3 Å². The van der Waals surface area contributed by atoms with Gasteiger partial charge >= 0.3 is 0 Å². The SMILES string of the molecule is NNC(Cc1c(F)ccc(Br)c1F)c1cccc(Cl)c1F. The van der Waals surface area contributed by atoms with Crippen molar-refractivity contribution >= 4 is 27.5 Å². The maximum Gasteiger partial charge on any atom is 0.146 e. The Hall–Kier alpha value is -1.08. The van der Waals surface area contributed by atoms with E-state index >= 15 is 0 Å². The van der Waals surface area contributed by atoms with E-state index < -0.39 is 23.5 Å².